The summed E-state index contributed by atoms with van der Waals surface area (Å²) >= 11 is 0. The van der Waals surface area contributed by atoms with E-state index in [1.807, 2.05) is 13.8 Å². The van der Waals surface area contributed by atoms with Crippen molar-refractivity contribution in [3.8, 4) is 0 Å². The van der Waals surface area contributed by atoms with Crippen molar-refractivity contribution < 1.29 is 22.7 Å². The van der Waals surface area contributed by atoms with Crippen molar-refractivity contribution in [2.75, 3.05) is 25.0 Å². The highest BCUT2D eigenvalue weighted by molar-refractivity contribution is 7.89. The predicted octanol–water partition coefficient (Wildman–Crippen LogP) is 3.45. The molecule has 9 heteroatoms. The zero-order valence-electron chi connectivity index (χ0n) is 18.5. The van der Waals surface area contributed by atoms with Gasteiger partial charge in [-0.1, -0.05) is 6.42 Å². The zero-order chi connectivity index (χ0) is 22.6. The molecule has 0 aliphatic carbocycles. The lowest BCUT2D eigenvalue weighted by atomic mass is 9.96. The van der Waals surface area contributed by atoms with Crippen molar-refractivity contribution in [2.45, 2.75) is 69.9 Å². The number of benzene rings is 1. The maximum Gasteiger partial charge on any atom is 0.409 e. The number of hydrogen-bond donors (Lipinski definition) is 1. The van der Waals surface area contributed by atoms with Gasteiger partial charge in [0.1, 0.15) is 0 Å². The molecule has 2 amide bonds. The molecule has 31 heavy (non-hydrogen) atoms. The topological polar surface area (TPSA) is 96.0 Å². The maximum atomic E-state index is 13.1. The Morgan fingerprint density at radius 3 is 2.16 bits per heavy atom. The van der Waals surface area contributed by atoms with Gasteiger partial charge in [-0.2, -0.15) is 4.31 Å². The number of nitrogens with one attached hydrogen (secondary N) is 1. The Kier molecular flexibility index (Phi) is 7.59. The summed E-state index contributed by atoms with van der Waals surface area (Å²) in [5.74, 6) is -0.304. The summed E-state index contributed by atoms with van der Waals surface area (Å²) in [4.78, 5) is 26.3. The van der Waals surface area contributed by atoms with Crippen LogP contribution in [0.5, 0.6) is 0 Å². The number of ether oxygens (including phenoxy) is 1. The molecular weight excluding hydrogens is 418 g/mol. The number of sulfonamides is 1. The first-order chi connectivity index (χ1) is 14.7. The second-order valence-corrected chi connectivity index (χ2v) is 10.3. The fourth-order valence-electron chi connectivity index (χ4n) is 4.49. The van der Waals surface area contributed by atoms with Crippen molar-refractivity contribution in [1.82, 2.24) is 9.21 Å². The number of likely N-dealkylation sites (tertiary alicyclic amines) is 1. The smallest absolute Gasteiger partial charge is 0.409 e. The van der Waals surface area contributed by atoms with Gasteiger partial charge < -0.3 is 15.0 Å². The molecule has 3 rings (SSSR count). The highest BCUT2D eigenvalue weighted by Gasteiger charge is 2.35. The summed E-state index contributed by atoms with van der Waals surface area (Å²) in [6.07, 6.45) is 3.58. The van der Waals surface area contributed by atoms with Crippen molar-refractivity contribution >= 4 is 27.7 Å². The average Bonchev–Trinajstić information content (AvgIpc) is 2.74. The number of carbonyl (C=O) groups is 2. The van der Waals surface area contributed by atoms with Crippen LogP contribution in [0.2, 0.25) is 0 Å². The van der Waals surface area contributed by atoms with Crippen LogP contribution in [0.15, 0.2) is 29.2 Å². The lowest BCUT2D eigenvalue weighted by molar-refractivity contribution is -0.121. The Hall–Kier alpha value is -2.13. The Morgan fingerprint density at radius 2 is 1.61 bits per heavy atom. The lowest BCUT2D eigenvalue weighted by Gasteiger charge is -2.37. The molecule has 2 saturated heterocycles. The number of hydrogen-bond acceptors (Lipinski definition) is 5. The maximum absolute atomic E-state index is 13.1. The molecule has 2 unspecified atom stereocenters. The van der Waals surface area contributed by atoms with Gasteiger partial charge in [-0.05, 0) is 70.7 Å². The summed E-state index contributed by atoms with van der Waals surface area (Å²) in [6.45, 7) is 6.98. The van der Waals surface area contributed by atoms with Gasteiger partial charge in [0, 0.05) is 36.8 Å². The first kappa shape index (κ1) is 23.5. The molecular formula is C22H33N3O5S. The van der Waals surface area contributed by atoms with Crippen LogP contribution in [-0.2, 0) is 19.6 Å². The van der Waals surface area contributed by atoms with Crippen LogP contribution < -0.4 is 5.32 Å². The van der Waals surface area contributed by atoms with E-state index < -0.39 is 10.0 Å². The van der Waals surface area contributed by atoms with E-state index in [-0.39, 0.29) is 34.9 Å². The molecule has 0 radical (unpaired) electrons. The number of nitrogens with zero attached hydrogens (tertiary/aromatic N) is 2. The van der Waals surface area contributed by atoms with Gasteiger partial charge in [-0.3, -0.25) is 4.79 Å². The molecule has 2 aliphatic heterocycles. The standard InChI is InChI=1S/C22H33N3O5S/c1-4-30-22(27)24-14-12-18(13-15-24)21(26)23-19-8-10-20(11-9-19)31(28,29)25-16(2)6-5-7-17(25)3/h8-11,16-18H,4-7,12-15H2,1-3H3,(H,23,26). The van der Waals surface area contributed by atoms with Gasteiger partial charge in [0.2, 0.25) is 15.9 Å². The van der Waals surface area contributed by atoms with Gasteiger partial charge >= 0.3 is 6.09 Å². The molecule has 2 heterocycles. The lowest BCUT2D eigenvalue weighted by Crippen LogP contribution is -2.47. The third-order valence-corrected chi connectivity index (χ3v) is 8.34. The minimum atomic E-state index is -3.57. The quantitative estimate of drug-likeness (QED) is 0.740. The van der Waals surface area contributed by atoms with Crippen molar-refractivity contribution in [1.29, 1.82) is 0 Å². The van der Waals surface area contributed by atoms with Crippen molar-refractivity contribution in [3.63, 3.8) is 0 Å². The fourth-order valence-corrected chi connectivity index (χ4v) is 6.37. The summed E-state index contributed by atoms with van der Waals surface area (Å²) in [6, 6.07) is 6.35. The Morgan fingerprint density at radius 1 is 1.03 bits per heavy atom. The highest BCUT2D eigenvalue weighted by Crippen LogP contribution is 2.30. The van der Waals surface area contributed by atoms with Crippen molar-refractivity contribution in [3.05, 3.63) is 24.3 Å². The molecule has 0 saturated carbocycles. The van der Waals surface area contributed by atoms with E-state index in [0.717, 1.165) is 19.3 Å². The van der Waals surface area contributed by atoms with E-state index in [2.05, 4.69) is 5.32 Å². The van der Waals surface area contributed by atoms with E-state index in [0.29, 0.717) is 38.2 Å². The summed E-state index contributed by atoms with van der Waals surface area (Å²) in [5.41, 5.74) is 0.566. The van der Waals surface area contributed by atoms with E-state index in [9.17, 15) is 18.0 Å². The number of piperidine rings is 2. The van der Waals surface area contributed by atoms with Gasteiger partial charge in [0.05, 0.1) is 11.5 Å². The molecule has 2 fully saturated rings. The first-order valence-electron chi connectivity index (χ1n) is 11.1. The monoisotopic (exact) mass is 451 g/mol. The molecule has 1 aromatic carbocycles. The third-order valence-electron chi connectivity index (χ3n) is 6.20. The summed E-state index contributed by atoms with van der Waals surface area (Å²) < 4.78 is 32.8. The Bertz CT molecular complexity index is 869. The van der Waals surface area contributed by atoms with E-state index in [4.69, 9.17) is 4.74 Å². The largest absolute Gasteiger partial charge is 0.450 e. The number of amides is 2. The molecule has 0 aromatic heterocycles. The minimum absolute atomic E-state index is 0.0198. The predicted molar refractivity (Wildman–Crippen MR) is 118 cm³/mol. The number of anilines is 1. The molecule has 0 spiro atoms. The number of carbonyl (C=O) groups excluding carboxylic acids is 2. The van der Waals surface area contributed by atoms with Crippen molar-refractivity contribution in [2.24, 2.45) is 5.92 Å². The minimum Gasteiger partial charge on any atom is -0.450 e. The van der Waals surface area contributed by atoms with Gasteiger partial charge in [0.25, 0.3) is 0 Å². The normalized spacial score (nSPS) is 23.4. The average molecular weight is 452 g/mol. The molecule has 172 valence electrons. The van der Waals surface area contributed by atoms with Gasteiger partial charge in [-0.25, -0.2) is 13.2 Å². The van der Waals surface area contributed by atoms with Crippen LogP contribution in [0.4, 0.5) is 10.5 Å². The third kappa shape index (κ3) is 5.38. The zero-order valence-corrected chi connectivity index (χ0v) is 19.4. The molecule has 1 N–H and O–H groups in total. The Labute approximate surface area is 185 Å². The van der Waals surface area contributed by atoms with Crippen LogP contribution in [0, 0.1) is 5.92 Å². The van der Waals surface area contributed by atoms with Gasteiger partial charge in [-0.15, -0.1) is 0 Å². The second-order valence-electron chi connectivity index (χ2n) is 8.44. The van der Waals surface area contributed by atoms with Crippen LogP contribution in [0.3, 0.4) is 0 Å². The number of rotatable bonds is 5. The van der Waals surface area contributed by atoms with Crippen LogP contribution >= 0.6 is 0 Å². The Balaban J connectivity index is 1.59. The van der Waals surface area contributed by atoms with Gasteiger partial charge in [0.15, 0.2) is 0 Å². The summed E-state index contributed by atoms with van der Waals surface area (Å²) in [7, 11) is -3.57. The summed E-state index contributed by atoms with van der Waals surface area (Å²) in [5, 5.41) is 2.87. The van der Waals surface area contributed by atoms with E-state index in [1.165, 1.54) is 0 Å². The first-order valence-corrected chi connectivity index (χ1v) is 12.5. The highest BCUT2D eigenvalue weighted by atomic mass is 32.2. The fraction of sp³-hybridized carbons (Fsp3) is 0.636. The van der Waals surface area contributed by atoms with Crippen LogP contribution in [0.25, 0.3) is 0 Å². The van der Waals surface area contributed by atoms with E-state index >= 15 is 0 Å². The van der Waals surface area contributed by atoms with Crippen LogP contribution in [0.1, 0.15) is 52.9 Å². The molecule has 2 atom stereocenters. The SMILES string of the molecule is CCOC(=O)N1CCC(C(=O)Nc2ccc(S(=O)(=O)N3C(C)CCCC3C)cc2)CC1. The molecule has 8 nitrogen and oxygen atoms in total. The molecule has 0 bridgehead atoms. The van der Waals surface area contributed by atoms with E-state index in [1.54, 1.807) is 40.4 Å². The molecule has 2 aliphatic rings. The molecule has 1 aromatic rings. The van der Waals surface area contributed by atoms with Crippen LogP contribution in [-0.4, -0.2) is 61.4 Å². The second kappa shape index (κ2) is 9.99.